The van der Waals surface area contributed by atoms with Crippen LogP contribution in [0.4, 0.5) is 0 Å². The van der Waals surface area contributed by atoms with Crippen LogP contribution in [0.3, 0.4) is 0 Å². The second-order valence-electron chi connectivity index (χ2n) is 8.78. The molecule has 6 nitrogen and oxygen atoms in total. The summed E-state index contributed by atoms with van der Waals surface area (Å²) >= 11 is 0. The number of hydrogen-bond donors (Lipinski definition) is 0. The molecule has 0 N–H and O–H groups in total. The van der Waals surface area contributed by atoms with Crippen LogP contribution in [0.5, 0.6) is 0 Å². The monoisotopic (exact) mass is 470 g/mol. The number of benzene rings is 3. The highest BCUT2D eigenvalue weighted by atomic mass is 16.4. The molecule has 0 saturated carbocycles. The average Bonchev–Trinajstić information content (AvgIpc) is 3.21. The van der Waals surface area contributed by atoms with Crippen LogP contribution in [0.1, 0.15) is 43.2 Å². The minimum absolute atomic E-state index is 0.145. The van der Waals surface area contributed by atoms with Crippen LogP contribution < -0.4 is 10.2 Å². The summed E-state index contributed by atoms with van der Waals surface area (Å²) in [6.45, 7) is 0. The van der Waals surface area contributed by atoms with Crippen molar-refractivity contribution in [3.63, 3.8) is 0 Å². The first-order chi connectivity index (χ1) is 17.5. The highest BCUT2D eigenvalue weighted by Crippen LogP contribution is 2.51. The van der Waals surface area contributed by atoms with Gasteiger partial charge < -0.3 is 19.8 Å². The van der Waals surface area contributed by atoms with Gasteiger partial charge in [0.15, 0.2) is 0 Å². The summed E-state index contributed by atoms with van der Waals surface area (Å²) in [7, 11) is 0. The lowest BCUT2D eigenvalue weighted by Gasteiger charge is -2.22. The van der Waals surface area contributed by atoms with Gasteiger partial charge in [0.1, 0.15) is 0 Å². The van der Waals surface area contributed by atoms with E-state index in [1.165, 1.54) is 0 Å². The Balaban J connectivity index is 1.64. The summed E-state index contributed by atoms with van der Waals surface area (Å²) < 4.78 is 0. The number of carbonyl (C=O) groups is 2. The summed E-state index contributed by atoms with van der Waals surface area (Å²) in [6, 6.07) is 22.5. The van der Waals surface area contributed by atoms with Crippen LogP contribution in [0, 0.1) is 0 Å². The van der Waals surface area contributed by atoms with Crippen molar-refractivity contribution in [2.75, 3.05) is 0 Å². The molecule has 0 atom stereocenters. The Labute approximate surface area is 206 Å². The molecule has 0 fully saturated rings. The highest BCUT2D eigenvalue weighted by molar-refractivity contribution is 6.24. The molecule has 0 saturated heterocycles. The maximum Gasteiger partial charge on any atom is 0.0728 e. The van der Waals surface area contributed by atoms with Crippen molar-refractivity contribution in [3.05, 3.63) is 119 Å². The van der Waals surface area contributed by atoms with Gasteiger partial charge in [0.05, 0.1) is 11.9 Å². The van der Waals surface area contributed by atoms with E-state index in [0.717, 1.165) is 22.4 Å². The van der Waals surface area contributed by atoms with Gasteiger partial charge in [0.2, 0.25) is 0 Å². The number of hydrogen-bond acceptors (Lipinski definition) is 6. The van der Waals surface area contributed by atoms with E-state index in [0.29, 0.717) is 39.6 Å². The Hall–Kier alpha value is -4.84. The molecule has 0 spiro atoms. The molecule has 0 amide bonds. The van der Waals surface area contributed by atoms with Crippen LogP contribution >= 0.6 is 0 Å². The number of nitrogens with zero attached hydrogens (tertiary/aromatic N) is 2. The standard InChI is InChI=1S/C30H20N2O4/c33-29(34)27-24(16-19-7-2-4-13-32-19)22-9-5-8-21-20-11-10-17(14-18-6-1-3-12-31-18)15-23(20)26(25(21)22)28(27)30(35)36/h1-13,15H,14,16H2,(H,33,34)(H,35,36)/p-2. The third-order valence-electron chi connectivity index (χ3n) is 6.69. The summed E-state index contributed by atoms with van der Waals surface area (Å²) in [5.41, 5.74) is 4.82. The quantitative estimate of drug-likeness (QED) is 0.370. The Morgan fingerprint density at radius 2 is 1.36 bits per heavy atom. The lowest BCUT2D eigenvalue weighted by Crippen LogP contribution is -2.32. The third kappa shape index (κ3) is 3.43. The fraction of sp³-hybridized carbons (Fsp3) is 0.0667. The molecule has 5 aromatic rings. The van der Waals surface area contributed by atoms with Gasteiger partial charge in [0.25, 0.3) is 0 Å². The fourth-order valence-electron chi connectivity index (χ4n) is 5.25. The molecule has 0 bridgehead atoms. The van der Waals surface area contributed by atoms with Gasteiger partial charge in [0, 0.05) is 53.3 Å². The van der Waals surface area contributed by atoms with E-state index in [9.17, 15) is 19.8 Å². The Kier molecular flexibility index (Phi) is 5.08. The Morgan fingerprint density at radius 1 is 0.667 bits per heavy atom. The zero-order chi connectivity index (χ0) is 24.8. The van der Waals surface area contributed by atoms with E-state index in [4.69, 9.17) is 0 Å². The number of aromatic carboxylic acids is 2. The number of rotatable bonds is 6. The molecule has 0 radical (unpaired) electrons. The molecule has 0 unspecified atom stereocenters. The smallest absolute Gasteiger partial charge is 0.0728 e. The molecule has 1 aliphatic carbocycles. The van der Waals surface area contributed by atoms with E-state index >= 15 is 0 Å². The lowest BCUT2D eigenvalue weighted by molar-refractivity contribution is -0.259. The number of carboxylic acid groups (broad SMARTS) is 2. The van der Waals surface area contributed by atoms with E-state index in [2.05, 4.69) is 9.97 Å². The molecule has 0 aliphatic heterocycles. The van der Waals surface area contributed by atoms with Gasteiger partial charge in [-0.15, -0.1) is 0 Å². The van der Waals surface area contributed by atoms with Crippen molar-refractivity contribution in [3.8, 4) is 22.3 Å². The van der Waals surface area contributed by atoms with E-state index in [1.54, 1.807) is 30.6 Å². The summed E-state index contributed by atoms with van der Waals surface area (Å²) in [5.74, 6) is -3.10. The van der Waals surface area contributed by atoms with Gasteiger partial charge in [-0.1, -0.05) is 48.5 Å². The predicted molar refractivity (Wildman–Crippen MR) is 131 cm³/mol. The highest BCUT2D eigenvalue weighted by Gasteiger charge is 2.30. The molecule has 2 aromatic heterocycles. The van der Waals surface area contributed by atoms with Crippen molar-refractivity contribution < 1.29 is 19.8 Å². The number of carboxylic acids is 2. The minimum Gasteiger partial charge on any atom is -0.545 e. The topological polar surface area (TPSA) is 106 Å². The molecular weight excluding hydrogens is 452 g/mol. The van der Waals surface area contributed by atoms with Crippen molar-refractivity contribution in [1.29, 1.82) is 0 Å². The summed E-state index contributed by atoms with van der Waals surface area (Å²) in [4.78, 5) is 33.7. The molecule has 6 heteroatoms. The SMILES string of the molecule is O=C([O-])c1c(C(=O)[O-])c2c3c(cccc3c1Cc1ccccn1)-c1ccc(Cc3ccccn3)cc1-2. The van der Waals surface area contributed by atoms with Crippen LogP contribution in [0.15, 0.2) is 85.2 Å². The number of carbonyl (C=O) groups excluding carboxylic acids is 2. The van der Waals surface area contributed by atoms with Gasteiger partial charge in [-0.05, 0) is 62.9 Å². The summed E-state index contributed by atoms with van der Waals surface area (Å²) in [5, 5.41) is 26.4. The predicted octanol–water partition coefficient (Wildman–Crippen LogP) is 3.19. The van der Waals surface area contributed by atoms with E-state index in [-0.39, 0.29) is 17.5 Å². The van der Waals surface area contributed by atoms with Crippen LogP contribution in [-0.4, -0.2) is 21.9 Å². The lowest BCUT2D eigenvalue weighted by atomic mass is 9.86. The first kappa shape index (κ1) is 21.7. The van der Waals surface area contributed by atoms with Crippen molar-refractivity contribution in [1.82, 2.24) is 9.97 Å². The van der Waals surface area contributed by atoms with Gasteiger partial charge >= 0.3 is 0 Å². The maximum atomic E-state index is 12.5. The molecule has 3 aromatic carbocycles. The molecule has 6 rings (SSSR count). The van der Waals surface area contributed by atoms with Crippen LogP contribution in [0.2, 0.25) is 0 Å². The van der Waals surface area contributed by atoms with Gasteiger partial charge in [-0.2, -0.15) is 0 Å². The van der Waals surface area contributed by atoms with Crippen molar-refractivity contribution >= 4 is 22.7 Å². The van der Waals surface area contributed by atoms with Crippen LogP contribution in [0.25, 0.3) is 33.0 Å². The fourth-order valence-corrected chi connectivity index (χ4v) is 5.25. The number of aromatic nitrogens is 2. The summed E-state index contributed by atoms with van der Waals surface area (Å²) in [6.07, 6.45) is 4.04. The maximum absolute atomic E-state index is 12.5. The minimum atomic E-state index is -1.55. The Bertz CT molecular complexity index is 1680. The van der Waals surface area contributed by atoms with E-state index in [1.807, 2.05) is 54.6 Å². The van der Waals surface area contributed by atoms with Crippen LogP contribution in [-0.2, 0) is 12.8 Å². The largest absolute Gasteiger partial charge is 0.545 e. The molecule has 174 valence electrons. The molecule has 2 heterocycles. The van der Waals surface area contributed by atoms with Crippen molar-refractivity contribution in [2.24, 2.45) is 0 Å². The van der Waals surface area contributed by atoms with E-state index < -0.39 is 11.9 Å². The number of pyridine rings is 2. The first-order valence-electron chi connectivity index (χ1n) is 11.5. The zero-order valence-electron chi connectivity index (χ0n) is 19.0. The molecular formula is C30H18N2O4-2. The van der Waals surface area contributed by atoms with Gasteiger partial charge in [-0.25, -0.2) is 0 Å². The van der Waals surface area contributed by atoms with Crippen molar-refractivity contribution in [2.45, 2.75) is 12.8 Å². The van der Waals surface area contributed by atoms with Gasteiger partial charge in [-0.3, -0.25) is 9.97 Å². The third-order valence-corrected chi connectivity index (χ3v) is 6.69. The zero-order valence-corrected chi connectivity index (χ0v) is 19.0. The molecule has 1 aliphatic rings. The average molecular weight is 470 g/mol. The second-order valence-corrected chi connectivity index (χ2v) is 8.78. The first-order valence-corrected chi connectivity index (χ1v) is 11.5. The second kappa shape index (κ2) is 8.43. The number of fused-ring (bicyclic) bond motifs is 3. The normalized spacial score (nSPS) is 11.4. The molecule has 36 heavy (non-hydrogen) atoms. The Morgan fingerprint density at radius 3 is 2.00 bits per heavy atom.